The fraction of sp³-hybridized carbons (Fsp3) is 0.333. The predicted octanol–water partition coefficient (Wildman–Crippen LogP) is 3.07. The zero-order valence-electron chi connectivity index (χ0n) is 17.0. The average molecular weight is 493 g/mol. The van der Waals surface area contributed by atoms with Crippen LogP contribution in [0.25, 0.3) is 0 Å². The van der Waals surface area contributed by atoms with Crippen molar-refractivity contribution in [2.45, 2.75) is 17.7 Å². The van der Waals surface area contributed by atoms with Crippen molar-refractivity contribution in [3.63, 3.8) is 0 Å². The molecular weight excluding hydrogens is 468 g/mol. The number of sulfonamides is 1. The number of rotatable bonds is 6. The number of carbonyl (C=O) groups is 1. The molecule has 1 fully saturated rings. The van der Waals surface area contributed by atoms with E-state index in [1.807, 2.05) is 43.3 Å². The van der Waals surface area contributed by atoms with Gasteiger partial charge < -0.3 is 4.90 Å². The van der Waals surface area contributed by atoms with E-state index in [-0.39, 0.29) is 16.7 Å². The minimum Gasteiger partial charge on any atom is -0.378 e. The number of amides is 1. The Morgan fingerprint density at radius 2 is 1.70 bits per heavy atom. The molecule has 0 radical (unpaired) electrons. The largest absolute Gasteiger partial charge is 0.378 e. The van der Waals surface area contributed by atoms with Crippen LogP contribution in [0.5, 0.6) is 0 Å². The van der Waals surface area contributed by atoms with Crippen molar-refractivity contribution in [2.75, 3.05) is 32.1 Å². The van der Waals surface area contributed by atoms with Crippen LogP contribution < -0.4 is 10.3 Å². The van der Waals surface area contributed by atoms with Crippen molar-refractivity contribution < 1.29 is 13.2 Å². The van der Waals surface area contributed by atoms with Crippen molar-refractivity contribution in [3.8, 4) is 0 Å². The van der Waals surface area contributed by atoms with Gasteiger partial charge in [-0.05, 0) is 54.8 Å². The summed E-state index contributed by atoms with van der Waals surface area (Å²) in [6, 6.07) is 14.4. The molecule has 1 N–H and O–H groups in total. The topological polar surface area (TPSA) is 82.1 Å². The SMILES string of the molecule is CN(C)c1ccc(/C=N\NC(=O)C2CCN(S(=O)(=O)c3ccc(Br)cc3)CC2)cc1. The Balaban J connectivity index is 1.52. The highest BCUT2D eigenvalue weighted by atomic mass is 79.9. The van der Waals surface area contributed by atoms with Gasteiger partial charge in [-0.3, -0.25) is 4.79 Å². The lowest BCUT2D eigenvalue weighted by molar-refractivity contribution is -0.126. The van der Waals surface area contributed by atoms with E-state index >= 15 is 0 Å². The smallest absolute Gasteiger partial charge is 0.243 e. The number of carbonyl (C=O) groups excluding carboxylic acids is 1. The highest BCUT2D eigenvalue weighted by Crippen LogP contribution is 2.25. The zero-order chi connectivity index (χ0) is 21.7. The Kier molecular flexibility index (Phi) is 7.27. The summed E-state index contributed by atoms with van der Waals surface area (Å²) in [5, 5.41) is 4.04. The molecule has 9 heteroatoms. The predicted molar refractivity (Wildman–Crippen MR) is 122 cm³/mol. The summed E-state index contributed by atoms with van der Waals surface area (Å²) < 4.78 is 27.8. The van der Waals surface area contributed by atoms with E-state index in [4.69, 9.17) is 0 Å². The van der Waals surface area contributed by atoms with Gasteiger partial charge in [0.1, 0.15) is 0 Å². The van der Waals surface area contributed by atoms with E-state index in [0.717, 1.165) is 15.7 Å². The van der Waals surface area contributed by atoms with E-state index < -0.39 is 10.0 Å². The van der Waals surface area contributed by atoms with Crippen LogP contribution in [0.4, 0.5) is 5.69 Å². The van der Waals surface area contributed by atoms with Crippen LogP contribution >= 0.6 is 15.9 Å². The molecule has 2 aromatic rings. The first-order valence-electron chi connectivity index (χ1n) is 9.63. The number of hydrogen-bond acceptors (Lipinski definition) is 5. The molecule has 1 saturated heterocycles. The molecule has 1 amide bonds. The fourth-order valence-electron chi connectivity index (χ4n) is 3.23. The second-order valence-corrected chi connectivity index (χ2v) is 10.2. The van der Waals surface area contributed by atoms with E-state index in [1.54, 1.807) is 30.5 Å². The van der Waals surface area contributed by atoms with Gasteiger partial charge >= 0.3 is 0 Å². The van der Waals surface area contributed by atoms with Crippen LogP contribution in [0.1, 0.15) is 18.4 Å². The van der Waals surface area contributed by atoms with Crippen molar-refractivity contribution in [1.82, 2.24) is 9.73 Å². The second-order valence-electron chi connectivity index (χ2n) is 7.35. The lowest BCUT2D eigenvalue weighted by Gasteiger charge is -2.30. The first-order chi connectivity index (χ1) is 14.3. The third-order valence-corrected chi connectivity index (χ3v) is 7.52. The summed E-state index contributed by atoms with van der Waals surface area (Å²) in [7, 11) is 0.399. The first kappa shape index (κ1) is 22.5. The second kappa shape index (κ2) is 9.72. The highest BCUT2D eigenvalue weighted by Gasteiger charge is 2.32. The molecule has 1 aliphatic rings. The van der Waals surface area contributed by atoms with E-state index in [0.29, 0.717) is 25.9 Å². The van der Waals surface area contributed by atoms with Crippen LogP contribution in [0, 0.1) is 5.92 Å². The monoisotopic (exact) mass is 492 g/mol. The summed E-state index contributed by atoms with van der Waals surface area (Å²) in [5.41, 5.74) is 4.55. The molecule has 1 heterocycles. The molecule has 0 bridgehead atoms. The molecule has 2 aromatic carbocycles. The molecule has 0 aliphatic carbocycles. The van der Waals surface area contributed by atoms with Crippen molar-refractivity contribution in [1.29, 1.82) is 0 Å². The molecule has 0 unspecified atom stereocenters. The van der Waals surface area contributed by atoms with Gasteiger partial charge in [0, 0.05) is 43.3 Å². The number of nitrogens with zero attached hydrogens (tertiary/aromatic N) is 3. The molecule has 0 spiro atoms. The number of hydrogen-bond donors (Lipinski definition) is 1. The maximum atomic E-state index is 12.8. The summed E-state index contributed by atoms with van der Waals surface area (Å²) in [6.45, 7) is 0.623. The van der Waals surface area contributed by atoms with Gasteiger partial charge in [-0.2, -0.15) is 9.41 Å². The molecule has 7 nitrogen and oxygen atoms in total. The van der Waals surface area contributed by atoms with Gasteiger partial charge in [-0.1, -0.05) is 28.1 Å². The Hall–Kier alpha value is -2.23. The van der Waals surface area contributed by atoms with Crippen LogP contribution in [-0.2, 0) is 14.8 Å². The summed E-state index contributed by atoms with van der Waals surface area (Å²) in [6.07, 6.45) is 2.54. The fourth-order valence-corrected chi connectivity index (χ4v) is 4.97. The van der Waals surface area contributed by atoms with Crippen molar-refractivity contribution >= 4 is 43.8 Å². The van der Waals surface area contributed by atoms with E-state index in [1.165, 1.54) is 4.31 Å². The Morgan fingerprint density at radius 1 is 1.10 bits per heavy atom. The third kappa shape index (κ3) is 5.47. The summed E-state index contributed by atoms with van der Waals surface area (Å²) in [5.74, 6) is -0.438. The van der Waals surface area contributed by atoms with Gasteiger partial charge in [-0.25, -0.2) is 13.8 Å². The van der Waals surface area contributed by atoms with Crippen molar-refractivity contribution in [3.05, 3.63) is 58.6 Å². The van der Waals surface area contributed by atoms with Gasteiger partial charge in [0.05, 0.1) is 11.1 Å². The summed E-state index contributed by atoms with van der Waals surface area (Å²) in [4.78, 5) is 14.7. The maximum absolute atomic E-state index is 12.8. The number of anilines is 1. The van der Waals surface area contributed by atoms with Crippen LogP contribution in [0.15, 0.2) is 63.0 Å². The van der Waals surface area contributed by atoms with Crippen LogP contribution in [0.3, 0.4) is 0 Å². The van der Waals surface area contributed by atoms with Gasteiger partial charge in [-0.15, -0.1) is 0 Å². The Bertz CT molecular complexity index is 998. The zero-order valence-corrected chi connectivity index (χ0v) is 19.4. The lowest BCUT2D eigenvalue weighted by atomic mass is 9.98. The lowest BCUT2D eigenvalue weighted by Crippen LogP contribution is -2.42. The van der Waals surface area contributed by atoms with Crippen molar-refractivity contribution in [2.24, 2.45) is 11.0 Å². The standard InChI is InChI=1S/C21H25BrN4O3S/c1-25(2)19-7-3-16(4-8-19)15-23-24-21(27)17-11-13-26(14-12-17)30(28,29)20-9-5-18(22)6-10-20/h3-10,15,17H,11-14H2,1-2H3,(H,24,27)/b23-15-. The van der Waals surface area contributed by atoms with E-state index in [2.05, 4.69) is 26.5 Å². The molecule has 0 atom stereocenters. The third-order valence-electron chi connectivity index (χ3n) is 5.07. The molecular formula is C21H25BrN4O3S. The quantitative estimate of drug-likeness (QED) is 0.496. The van der Waals surface area contributed by atoms with E-state index in [9.17, 15) is 13.2 Å². The summed E-state index contributed by atoms with van der Waals surface area (Å²) >= 11 is 3.31. The molecule has 0 saturated carbocycles. The molecule has 30 heavy (non-hydrogen) atoms. The molecule has 0 aromatic heterocycles. The number of benzene rings is 2. The maximum Gasteiger partial charge on any atom is 0.243 e. The number of piperidine rings is 1. The minimum absolute atomic E-state index is 0.183. The van der Waals surface area contributed by atoms with Gasteiger partial charge in [0.25, 0.3) is 0 Å². The van der Waals surface area contributed by atoms with Crippen LogP contribution in [-0.4, -0.2) is 52.0 Å². The molecule has 1 aliphatic heterocycles. The number of hydrazone groups is 1. The van der Waals surface area contributed by atoms with Gasteiger partial charge in [0.15, 0.2) is 0 Å². The Morgan fingerprint density at radius 3 is 2.27 bits per heavy atom. The normalized spacial score (nSPS) is 16.0. The Labute approximate surface area is 185 Å². The molecule has 160 valence electrons. The van der Waals surface area contributed by atoms with Gasteiger partial charge in [0.2, 0.25) is 15.9 Å². The minimum atomic E-state index is -3.54. The highest BCUT2D eigenvalue weighted by molar-refractivity contribution is 9.10. The molecule has 3 rings (SSSR count). The van der Waals surface area contributed by atoms with Crippen LogP contribution in [0.2, 0.25) is 0 Å². The number of nitrogens with one attached hydrogen (secondary N) is 1. The number of halogens is 1. The average Bonchev–Trinajstić information content (AvgIpc) is 2.74. The first-order valence-corrected chi connectivity index (χ1v) is 11.9.